The Labute approximate surface area is 78.1 Å². The molecule has 1 rings (SSSR count). The van der Waals surface area contributed by atoms with Crippen LogP contribution in [0.5, 0.6) is 5.75 Å². The van der Waals surface area contributed by atoms with Gasteiger partial charge in [0.15, 0.2) is 0 Å². The van der Waals surface area contributed by atoms with Crippen LogP contribution in [0.3, 0.4) is 0 Å². The van der Waals surface area contributed by atoms with Gasteiger partial charge in [-0.3, -0.25) is 0 Å². The Bertz CT molecular complexity index is 262. The van der Waals surface area contributed by atoms with E-state index < -0.39 is 0 Å². The third kappa shape index (κ3) is 1.68. The average molecular weight is 229 g/mol. The summed E-state index contributed by atoms with van der Waals surface area (Å²) in [5.74, 6) is 2.75. The third-order valence-electron chi connectivity index (χ3n) is 1.58. The number of hydrogen-bond donors (Lipinski definition) is 0. The van der Waals surface area contributed by atoms with Crippen molar-refractivity contribution < 1.29 is 9.53 Å². The molecule has 2 nitrogen and oxygen atoms in total. The molecule has 0 unspecified atom stereocenters. The SMILES string of the molecule is COc1cccc([Se]C)c1C=O. The third-order valence-corrected chi connectivity index (χ3v) is 3.25. The van der Waals surface area contributed by atoms with Gasteiger partial charge in [0.1, 0.15) is 0 Å². The molecule has 64 valence electrons. The molecule has 0 aliphatic rings. The van der Waals surface area contributed by atoms with Crippen LogP contribution < -0.4 is 9.20 Å². The molecule has 0 saturated carbocycles. The first-order chi connectivity index (χ1) is 5.83. The molecule has 0 radical (unpaired) electrons. The second kappa shape index (κ2) is 4.29. The first-order valence-corrected chi connectivity index (χ1v) is 6.06. The van der Waals surface area contributed by atoms with Crippen molar-refractivity contribution in [3.05, 3.63) is 23.8 Å². The van der Waals surface area contributed by atoms with Gasteiger partial charge in [0.25, 0.3) is 0 Å². The van der Waals surface area contributed by atoms with E-state index in [4.69, 9.17) is 4.74 Å². The second-order valence-electron chi connectivity index (χ2n) is 2.19. The number of carbonyl (C=O) groups is 1. The summed E-state index contributed by atoms with van der Waals surface area (Å²) in [7, 11) is 1.58. The van der Waals surface area contributed by atoms with Crippen molar-refractivity contribution in [3.63, 3.8) is 0 Å². The molecular formula is C9H10O2Se. The predicted octanol–water partition coefficient (Wildman–Crippen LogP) is 0.885. The quantitative estimate of drug-likeness (QED) is 0.568. The Kier molecular flexibility index (Phi) is 3.32. The Morgan fingerprint density at radius 1 is 1.50 bits per heavy atom. The topological polar surface area (TPSA) is 26.3 Å². The maximum absolute atomic E-state index is 10.7. The van der Waals surface area contributed by atoms with E-state index >= 15 is 0 Å². The van der Waals surface area contributed by atoms with E-state index in [1.165, 1.54) is 0 Å². The van der Waals surface area contributed by atoms with Crippen molar-refractivity contribution in [3.8, 4) is 5.75 Å². The normalized spacial score (nSPS) is 9.50. The molecule has 0 saturated heterocycles. The summed E-state index contributed by atoms with van der Waals surface area (Å²) >= 11 is 0.338. The molecule has 3 heteroatoms. The molecule has 12 heavy (non-hydrogen) atoms. The second-order valence-corrected chi connectivity index (χ2v) is 3.97. The number of aldehydes is 1. The number of methoxy groups -OCH3 is 1. The zero-order valence-corrected chi connectivity index (χ0v) is 8.75. The van der Waals surface area contributed by atoms with Crippen molar-refractivity contribution in [2.24, 2.45) is 0 Å². The number of carbonyl (C=O) groups excluding carboxylic acids is 1. The van der Waals surface area contributed by atoms with Crippen LogP contribution in [0, 0.1) is 0 Å². The molecule has 0 atom stereocenters. The van der Waals surface area contributed by atoms with E-state index in [0.29, 0.717) is 26.3 Å². The van der Waals surface area contributed by atoms with Gasteiger partial charge in [0.2, 0.25) is 0 Å². The van der Waals surface area contributed by atoms with Crippen LogP contribution in [0.25, 0.3) is 0 Å². The fraction of sp³-hybridized carbons (Fsp3) is 0.222. The number of benzene rings is 1. The number of ether oxygens (including phenoxy) is 1. The standard InChI is InChI=1S/C9H10O2Se/c1-11-8-4-3-5-9(12-2)7(8)6-10/h3-6H,1-2H3. The summed E-state index contributed by atoms with van der Waals surface area (Å²) in [5.41, 5.74) is 0.697. The van der Waals surface area contributed by atoms with Gasteiger partial charge in [-0.25, -0.2) is 0 Å². The van der Waals surface area contributed by atoms with E-state index in [1.807, 2.05) is 12.1 Å². The zero-order chi connectivity index (χ0) is 8.97. The predicted molar refractivity (Wildman–Crippen MR) is 49.6 cm³/mol. The van der Waals surface area contributed by atoms with Gasteiger partial charge in [0, 0.05) is 0 Å². The van der Waals surface area contributed by atoms with E-state index in [9.17, 15) is 4.79 Å². The Morgan fingerprint density at radius 2 is 2.25 bits per heavy atom. The van der Waals surface area contributed by atoms with Crippen LogP contribution in [0.4, 0.5) is 0 Å². The van der Waals surface area contributed by atoms with Crippen molar-refractivity contribution >= 4 is 25.7 Å². The van der Waals surface area contributed by atoms with Crippen LogP contribution in [0.1, 0.15) is 10.4 Å². The first kappa shape index (κ1) is 9.30. The van der Waals surface area contributed by atoms with E-state index in [0.717, 1.165) is 10.7 Å². The van der Waals surface area contributed by atoms with Gasteiger partial charge >= 0.3 is 77.7 Å². The minimum atomic E-state index is 0.338. The number of rotatable bonds is 3. The molecule has 0 aliphatic heterocycles. The summed E-state index contributed by atoms with van der Waals surface area (Å²) in [5, 5.41) is 0. The minimum absolute atomic E-state index is 0.338. The molecule has 0 amide bonds. The van der Waals surface area contributed by atoms with Crippen LogP contribution in [0.2, 0.25) is 5.82 Å². The van der Waals surface area contributed by atoms with Crippen LogP contribution in [-0.4, -0.2) is 28.4 Å². The van der Waals surface area contributed by atoms with Crippen LogP contribution in [-0.2, 0) is 0 Å². The van der Waals surface area contributed by atoms with Crippen LogP contribution >= 0.6 is 0 Å². The average Bonchev–Trinajstić information content (AvgIpc) is 2.16. The fourth-order valence-corrected chi connectivity index (χ4v) is 2.22. The van der Waals surface area contributed by atoms with E-state index in [2.05, 4.69) is 5.82 Å². The molecule has 0 N–H and O–H groups in total. The molecule has 1 aromatic rings. The van der Waals surface area contributed by atoms with Crippen molar-refractivity contribution in [2.45, 2.75) is 5.82 Å². The maximum atomic E-state index is 10.7. The van der Waals surface area contributed by atoms with Crippen LogP contribution in [0.15, 0.2) is 18.2 Å². The first-order valence-electron chi connectivity index (χ1n) is 3.49. The molecule has 0 aromatic heterocycles. The monoisotopic (exact) mass is 230 g/mol. The summed E-state index contributed by atoms with van der Waals surface area (Å²) < 4.78 is 6.15. The Balaban J connectivity index is 3.21. The summed E-state index contributed by atoms with van der Waals surface area (Å²) in [6.07, 6.45) is 0.861. The van der Waals surface area contributed by atoms with Gasteiger partial charge < -0.3 is 0 Å². The molecule has 0 bridgehead atoms. The van der Waals surface area contributed by atoms with Crippen molar-refractivity contribution in [2.75, 3.05) is 7.11 Å². The summed E-state index contributed by atoms with van der Waals surface area (Å²) in [4.78, 5) is 10.7. The van der Waals surface area contributed by atoms with Gasteiger partial charge in [0.05, 0.1) is 0 Å². The molecule has 0 fully saturated rings. The molecular weight excluding hydrogens is 219 g/mol. The van der Waals surface area contributed by atoms with Gasteiger partial charge in [-0.1, -0.05) is 0 Å². The molecule has 0 spiro atoms. The number of hydrogen-bond acceptors (Lipinski definition) is 2. The summed E-state index contributed by atoms with van der Waals surface area (Å²) in [6, 6.07) is 5.68. The van der Waals surface area contributed by atoms with Gasteiger partial charge in [-0.2, -0.15) is 0 Å². The fourth-order valence-electron chi connectivity index (χ4n) is 0.996. The molecule has 0 heterocycles. The molecule has 1 aromatic carbocycles. The molecule has 0 aliphatic carbocycles. The van der Waals surface area contributed by atoms with Gasteiger partial charge in [-0.05, 0) is 0 Å². The zero-order valence-electron chi connectivity index (χ0n) is 7.03. The summed E-state index contributed by atoms with van der Waals surface area (Å²) in [6.45, 7) is 0. The van der Waals surface area contributed by atoms with E-state index in [1.54, 1.807) is 13.2 Å². The Hall–Kier alpha value is -0.791. The van der Waals surface area contributed by atoms with Crippen molar-refractivity contribution in [1.29, 1.82) is 0 Å². The van der Waals surface area contributed by atoms with Gasteiger partial charge in [-0.15, -0.1) is 0 Å². The van der Waals surface area contributed by atoms with E-state index in [-0.39, 0.29) is 0 Å². The van der Waals surface area contributed by atoms with Crippen molar-refractivity contribution in [1.82, 2.24) is 0 Å². The Morgan fingerprint density at radius 3 is 2.75 bits per heavy atom.